The van der Waals surface area contributed by atoms with Crippen molar-refractivity contribution in [2.24, 2.45) is 4.99 Å². The molecule has 0 radical (unpaired) electrons. The van der Waals surface area contributed by atoms with Crippen LogP contribution in [-0.2, 0) is 0 Å². The van der Waals surface area contributed by atoms with Crippen LogP contribution in [0, 0.1) is 0 Å². The van der Waals surface area contributed by atoms with E-state index in [1.54, 1.807) is 0 Å². The summed E-state index contributed by atoms with van der Waals surface area (Å²) in [5.74, 6) is 0. The zero-order valence-corrected chi connectivity index (χ0v) is 32.2. The maximum atomic E-state index is 5.21. The quantitative estimate of drug-likeness (QED) is 0.159. The monoisotopic (exact) mass is 757 g/mol. The lowest BCUT2D eigenvalue weighted by atomic mass is 9.98. The lowest BCUT2D eigenvalue weighted by Gasteiger charge is -2.28. The molecule has 9 aromatic rings. The van der Waals surface area contributed by atoms with Crippen LogP contribution in [0.4, 0.5) is 17.1 Å². The maximum absolute atomic E-state index is 5.21. The number of anilines is 3. The number of fused-ring (bicyclic) bond motifs is 6. The van der Waals surface area contributed by atoms with Gasteiger partial charge in [0.2, 0.25) is 0 Å². The molecule has 0 bridgehead atoms. The molecule has 0 amide bonds. The number of nitrogens with one attached hydrogen (secondary N) is 2. The second-order valence-corrected chi connectivity index (χ2v) is 15.1. The van der Waals surface area contributed by atoms with Gasteiger partial charge in [0.05, 0.1) is 22.6 Å². The molecule has 1 aromatic heterocycles. The fourth-order valence-corrected chi connectivity index (χ4v) is 8.65. The Morgan fingerprint density at radius 3 is 1.76 bits per heavy atom. The van der Waals surface area contributed by atoms with Gasteiger partial charge in [0.25, 0.3) is 0 Å². The van der Waals surface area contributed by atoms with Crippen LogP contribution in [0.2, 0.25) is 0 Å². The summed E-state index contributed by atoms with van der Waals surface area (Å²) in [6, 6.07) is 71.0. The van der Waals surface area contributed by atoms with Crippen LogP contribution < -0.4 is 15.5 Å². The smallest absolute Gasteiger partial charge is 0.145 e. The highest BCUT2D eigenvalue weighted by Gasteiger charge is 2.35. The lowest BCUT2D eigenvalue weighted by Crippen LogP contribution is -2.24. The molecule has 2 unspecified atom stereocenters. The molecule has 2 N–H and O–H groups in total. The van der Waals surface area contributed by atoms with Crippen LogP contribution in [-0.4, -0.2) is 10.7 Å². The number of hydrogen-bond donors (Lipinski definition) is 2. The summed E-state index contributed by atoms with van der Waals surface area (Å²) < 4.78 is 0. The van der Waals surface area contributed by atoms with Gasteiger partial charge in [-0.3, -0.25) is 9.98 Å². The van der Waals surface area contributed by atoms with Crippen molar-refractivity contribution in [3.05, 3.63) is 235 Å². The van der Waals surface area contributed by atoms with E-state index >= 15 is 0 Å². The van der Waals surface area contributed by atoms with E-state index in [2.05, 4.69) is 210 Å². The topological polar surface area (TPSA) is 52.6 Å². The molecular formula is C54H39N5. The van der Waals surface area contributed by atoms with Gasteiger partial charge in [-0.2, -0.15) is 0 Å². The predicted octanol–water partition coefficient (Wildman–Crippen LogP) is 13.1. The van der Waals surface area contributed by atoms with Crippen molar-refractivity contribution in [2.75, 3.05) is 10.2 Å². The third-order valence-corrected chi connectivity index (χ3v) is 11.5. The Bertz CT molecular complexity index is 3030. The number of rotatable bonds is 7. The molecular weight excluding hydrogens is 719 g/mol. The highest BCUT2D eigenvalue weighted by atomic mass is 15.3. The second kappa shape index (κ2) is 14.6. The summed E-state index contributed by atoms with van der Waals surface area (Å²) in [6.07, 6.45) is 3.74. The number of hydrogen-bond acceptors (Lipinski definition) is 5. The number of aromatic nitrogens is 1. The fraction of sp³-hybridized carbons (Fsp3) is 0.0370. The zero-order valence-electron chi connectivity index (χ0n) is 32.2. The van der Waals surface area contributed by atoms with Gasteiger partial charge in [-0.15, -0.1) is 0 Å². The molecule has 3 heterocycles. The van der Waals surface area contributed by atoms with Gasteiger partial charge < -0.3 is 15.5 Å². The standard InChI is InChI=1S/C54H39N5/c1-4-14-36(15-5-1)37-25-29-39(30-26-37)48-35-49(57-53(56-48)41-16-6-2-7-17-41)40-31-27-38(28-32-40)43-20-12-21-44(34-43)59-52-46-23-11-10-22-45(46)50-47(24-13-33-55-50)51(52)58-54(59)42-18-8-3-9-19-42/h1-35,53-54,57-58H. The summed E-state index contributed by atoms with van der Waals surface area (Å²) in [5.41, 5.74) is 15.6. The normalized spacial score (nSPS) is 15.9. The van der Waals surface area contributed by atoms with E-state index in [1.807, 2.05) is 18.3 Å². The van der Waals surface area contributed by atoms with Crippen molar-refractivity contribution in [3.8, 4) is 22.3 Å². The van der Waals surface area contributed by atoms with Crippen molar-refractivity contribution in [3.63, 3.8) is 0 Å². The minimum Gasteiger partial charge on any atom is -0.360 e. The van der Waals surface area contributed by atoms with Crippen LogP contribution >= 0.6 is 0 Å². The molecule has 0 saturated heterocycles. The summed E-state index contributed by atoms with van der Waals surface area (Å²) in [5, 5.41) is 11.1. The molecule has 2 aliphatic heterocycles. The average Bonchev–Trinajstić information content (AvgIpc) is 3.74. The van der Waals surface area contributed by atoms with Crippen LogP contribution in [0.25, 0.3) is 49.6 Å². The molecule has 2 aliphatic rings. The Balaban J connectivity index is 0.956. The molecule has 2 atom stereocenters. The Labute approximate surface area is 343 Å². The lowest BCUT2D eigenvalue weighted by molar-refractivity contribution is 0.664. The molecule has 0 spiro atoms. The Hall–Kier alpha value is -7.76. The Morgan fingerprint density at radius 2 is 1.02 bits per heavy atom. The molecule has 5 heteroatoms. The fourth-order valence-electron chi connectivity index (χ4n) is 8.65. The first-order chi connectivity index (χ1) is 29.2. The van der Waals surface area contributed by atoms with E-state index in [1.165, 1.54) is 22.1 Å². The van der Waals surface area contributed by atoms with Gasteiger partial charge in [-0.1, -0.05) is 176 Å². The predicted molar refractivity (Wildman–Crippen MR) is 245 cm³/mol. The van der Waals surface area contributed by atoms with Gasteiger partial charge in [0.1, 0.15) is 12.3 Å². The highest BCUT2D eigenvalue weighted by Crippen LogP contribution is 2.53. The molecule has 280 valence electrons. The van der Waals surface area contributed by atoms with E-state index in [-0.39, 0.29) is 12.3 Å². The van der Waals surface area contributed by atoms with E-state index in [9.17, 15) is 0 Å². The molecule has 0 aliphatic carbocycles. The van der Waals surface area contributed by atoms with Crippen LogP contribution in [0.15, 0.2) is 217 Å². The first-order valence-electron chi connectivity index (χ1n) is 20.1. The van der Waals surface area contributed by atoms with Crippen LogP contribution in [0.1, 0.15) is 34.6 Å². The van der Waals surface area contributed by atoms with Gasteiger partial charge in [0, 0.05) is 33.7 Å². The molecule has 8 aromatic carbocycles. The van der Waals surface area contributed by atoms with E-state index < -0.39 is 0 Å². The second-order valence-electron chi connectivity index (χ2n) is 15.1. The van der Waals surface area contributed by atoms with E-state index in [0.29, 0.717) is 0 Å². The van der Waals surface area contributed by atoms with E-state index in [0.717, 1.165) is 72.6 Å². The average molecular weight is 758 g/mol. The van der Waals surface area contributed by atoms with Crippen LogP contribution in [0.3, 0.4) is 0 Å². The minimum atomic E-state index is -0.213. The number of benzene rings is 8. The largest absolute Gasteiger partial charge is 0.360 e. The molecule has 5 nitrogen and oxygen atoms in total. The number of aliphatic imine (C=N–C) groups is 1. The molecule has 0 saturated carbocycles. The number of nitrogens with zero attached hydrogens (tertiary/aromatic N) is 3. The Morgan fingerprint density at radius 1 is 0.441 bits per heavy atom. The summed E-state index contributed by atoms with van der Waals surface area (Å²) >= 11 is 0. The molecule has 0 fully saturated rings. The first-order valence-corrected chi connectivity index (χ1v) is 20.1. The third kappa shape index (κ3) is 6.30. The molecule has 59 heavy (non-hydrogen) atoms. The van der Waals surface area contributed by atoms with Crippen molar-refractivity contribution >= 4 is 50.1 Å². The summed E-state index contributed by atoms with van der Waals surface area (Å²) in [7, 11) is 0. The number of allylic oxidation sites excluding steroid dienone is 1. The number of pyridine rings is 1. The van der Waals surface area contributed by atoms with Gasteiger partial charge in [0.15, 0.2) is 0 Å². The van der Waals surface area contributed by atoms with Gasteiger partial charge >= 0.3 is 0 Å². The van der Waals surface area contributed by atoms with E-state index in [4.69, 9.17) is 9.98 Å². The SMILES string of the molecule is C1=C(c2ccc(-c3cccc(N4c5c(c6cccnc6c6ccccc56)NC4c4ccccc4)c3)cc2)NC(c2ccccc2)N=C1c1ccc(-c2ccccc2)cc1. The summed E-state index contributed by atoms with van der Waals surface area (Å²) in [6.45, 7) is 0. The zero-order chi connectivity index (χ0) is 39.1. The molecule has 11 rings (SSSR count). The highest BCUT2D eigenvalue weighted by molar-refractivity contribution is 6.21. The van der Waals surface area contributed by atoms with Crippen molar-refractivity contribution in [2.45, 2.75) is 12.3 Å². The van der Waals surface area contributed by atoms with Crippen molar-refractivity contribution in [1.82, 2.24) is 10.3 Å². The van der Waals surface area contributed by atoms with Crippen molar-refractivity contribution in [1.29, 1.82) is 0 Å². The Kier molecular flexibility index (Phi) is 8.55. The minimum absolute atomic E-state index is 0.106. The maximum Gasteiger partial charge on any atom is 0.145 e. The first kappa shape index (κ1) is 34.5. The summed E-state index contributed by atoms with van der Waals surface area (Å²) in [4.78, 5) is 12.5. The third-order valence-electron chi connectivity index (χ3n) is 11.5. The van der Waals surface area contributed by atoms with Gasteiger partial charge in [-0.25, -0.2) is 0 Å². The van der Waals surface area contributed by atoms with Crippen LogP contribution in [0.5, 0.6) is 0 Å². The van der Waals surface area contributed by atoms with Gasteiger partial charge in [-0.05, 0) is 74.8 Å². The van der Waals surface area contributed by atoms with Crippen molar-refractivity contribution < 1.29 is 0 Å².